The molecule has 236 valence electrons. The first kappa shape index (κ1) is 37.5. The van der Waals surface area contributed by atoms with Crippen LogP contribution >= 0.6 is 0 Å². The van der Waals surface area contributed by atoms with E-state index in [9.17, 15) is 9.18 Å². The molecule has 0 bridgehead atoms. The third-order valence-corrected chi connectivity index (χ3v) is 6.36. The fraction of sp³-hybridized carbons (Fsp3) is 0.297. The first-order valence-corrected chi connectivity index (χ1v) is 15.2. The second kappa shape index (κ2) is 21.2. The standard InChI is InChI=1S/C33H37FN4O2.2C2H6/c1-6-26(17-27(34)7-2)32(9-4)38-23-36-20-28(38)19-35-21-33(39)37-31(8-3)30-18-29(16-15-24(30)5)40-22-25-13-11-10-12-14-25;2*1-2/h6-8,10-18,20,23,32,35H,1,3,5,9,19,21-22H2,2,4H3,(H,37,39);2*1-2H3/b26-17+,27-7+,31-30+;;. The van der Waals surface area contributed by atoms with Gasteiger partial charge in [0.25, 0.3) is 0 Å². The van der Waals surface area contributed by atoms with Crippen LogP contribution in [0.4, 0.5) is 4.39 Å². The number of hydrogen-bond acceptors (Lipinski definition) is 4. The van der Waals surface area contributed by atoms with Gasteiger partial charge in [0.15, 0.2) is 0 Å². The van der Waals surface area contributed by atoms with E-state index in [1.807, 2.05) is 87.7 Å². The summed E-state index contributed by atoms with van der Waals surface area (Å²) in [5, 5.41) is 7.56. The van der Waals surface area contributed by atoms with Crippen LogP contribution in [0.15, 0.2) is 110 Å². The Balaban J connectivity index is 0.00000232. The van der Waals surface area contributed by atoms with Crippen molar-refractivity contribution in [3.8, 4) is 5.75 Å². The zero-order valence-electron chi connectivity index (χ0n) is 27.2. The van der Waals surface area contributed by atoms with Crippen molar-refractivity contribution in [1.82, 2.24) is 20.2 Å². The zero-order valence-corrected chi connectivity index (χ0v) is 27.2. The van der Waals surface area contributed by atoms with Gasteiger partial charge < -0.3 is 19.9 Å². The molecule has 2 N–H and O–H groups in total. The molecule has 1 heterocycles. The molecule has 0 aliphatic carbocycles. The van der Waals surface area contributed by atoms with Crippen LogP contribution in [0.1, 0.15) is 65.3 Å². The Morgan fingerprint density at radius 3 is 2.41 bits per heavy atom. The predicted octanol–water partition coefficient (Wildman–Crippen LogP) is 7.06. The molecule has 0 saturated heterocycles. The van der Waals surface area contributed by atoms with Gasteiger partial charge in [-0.3, -0.25) is 4.79 Å². The van der Waals surface area contributed by atoms with Gasteiger partial charge in [-0.25, -0.2) is 9.37 Å². The SMILES string of the molecule is C=C/C(=C\C(F)=C/C)C(CC)n1cncc1CNCC(=O)N/C(C=C)=c1\cc(OCc2ccccc2)ccc1=C.CC.CC. The van der Waals surface area contributed by atoms with E-state index < -0.39 is 0 Å². The Morgan fingerprint density at radius 2 is 1.80 bits per heavy atom. The molecule has 3 rings (SSSR count). The topological polar surface area (TPSA) is 68.2 Å². The number of amides is 1. The lowest BCUT2D eigenvalue weighted by Crippen LogP contribution is -2.37. The number of carbonyl (C=O) groups excluding carboxylic acids is 1. The predicted molar refractivity (Wildman–Crippen MR) is 183 cm³/mol. The average Bonchev–Trinajstić information content (AvgIpc) is 3.53. The summed E-state index contributed by atoms with van der Waals surface area (Å²) in [7, 11) is 0. The third-order valence-electron chi connectivity index (χ3n) is 6.36. The molecule has 0 saturated carbocycles. The van der Waals surface area contributed by atoms with Crippen LogP contribution in [0.25, 0.3) is 12.3 Å². The van der Waals surface area contributed by atoms with E-state index >= 15 is 0 Å². The molecule has 0 aliphatic heterocycles. The first-order valence-electron chi connectivity index (χ1n) is 15.2. The number of nitrogens with one attached hydrogen (secondary N) is 2. The summed E-state index contributed by atoms with van der Waals surface area (Å²) in [6.07, 6.45) is 10.3. The van der Waals surface area contributed by atoms with E-state index in [0.29, 0.717) is 24.6 Å². The molecule has 44 heavy (non-hydrogen) atoms. The maximum atomic E-state index is 13.9. The minimum Gasteiger partial charge on any atom is -0.489 e. The summed E-state index contributed by atoms with van der Waals surface area (Å²) in [6, 6.07) is 15.3. The molecule has 2 aromatic carbocycles. The Bertz CT molecular complexity index is 1490. The number of allylic oxidation sites excluding steroid dienone is 5. The van der Waals surface area contributed by atoms with Crippen molar-refractivity contribution in [2.75, 3.05) is 6.54 Å². The number of benzene rings is 2. The highest BCUT2D eigenvalue weighted by atomic mass is 19.1. The van der Waals surface area contributed by atoms with E-state index in [4.69, 9.17) is 4.74 Å². The van der Waals surface area contributed by atoms with Crippen molar-refractivity contribution in [2.45, 2.75) is 67.2 Å². The third kappa shape index (κ3) is 11.7. The highest BCUT2D eigenvalue weighted by Crippen LogP contribution is 2.25. The van der Waals surface area contributed by atoms with Gasteiger partial charge in [-0.05, 0) is 54.0 Å². The summed E-state index contributed by atoms with van der Waals surface area (Å²) < 4.78 is 21.9. The second-order valence-corrected chi connectivity index (χ2v) is 9.10. The zero-order chi connectivity index (χ0) is 32.9. The number of aromatic nitrogens is 2. The lowest BCUT2D eigenvalue weighted by atomic mass is 10.0. The number of ether oxygens (including phenoxy) is 1. The minimum atomic E-state index is -0.321. The molecular weight excluding hydrogens is 551 g/mol. The lowest BCUT2D eigenvalue weighted by Gasteiger charge is -2.21. The summed E-state index contributed by atoms with van der Waals surface area (Å²) in [5.74, 6) is 0.113. The average molecular weight is 601 g/mol. The van der Waals surface area contributed by atoms with E-state index in [0.717, 1.165) is 33.7 Å². The maximum absolute atomic E-state index is 13.9. The van der Waals surface area contributed by atoms with Gasteiger partial charge in [0, 0.05) is 23.7 Å². The monoisotopic (exact) mass is 600 g/mol. The number of hydrogen-bond donors (Lipinski definition) is 2. The minimum absolute atomic E-state index is 0.0628. The van der Waals surface area contributed by atoms with Crippen LogP contribution in [-0.4, -0.2) is 22.0 Å². The van der Waals surface area contributed by atoms with E-state index in [2.05, 4.69) is 35.4 Å². The molecule has 7 heteroatoms. The first-order chi connectivity index (χ1) is 21.4. The summed E-state index contributed by atoms with van der Waals surface area (Å²) in [4.78, 5) is 17.1. The molecule has 0 fully saturated rings. The number of imidazole rings is 1. The molecule has 1 atom stereocenters. The van der Waals surface area contributed by atoms with Crippen LogP contribution in [0.3, 0.4) is 0 Å². The molecular formula is C37H49FN4O2. The number of nitrogens with zero attached hydrogens (tertiary/aromatic N) is 2. The smallest absolute Gasteiger partial charge is 0.238 e. The van der Waals surface area contributed by atoms with E-state index in [1.54, 1.807) is 31.6 Å². The van der Waals surface area contributed by atoms with Crippen molar-refractivity contribution in [1.29, 1.82) is 0 Å². The van der Waals surface area contributed by atoms with Crippen molar-refractivity contribution in [3.63, 3.8) is 0 Å². The lowest BCUT2D eigenvalue weighted by molar-refractivity contribution is -0.119. The van der Waals surface area contributed by atoms with Crippen LogP contribution in [-0.2, 0) is 17.9 Å². The van der Waals surface area contributed by atoms with Crippen molar-refractivity contribution < 1.29 is 13.9 Å². The number of carbonyl (C=O) groups is 1. The summed E-state index contributed by atoms with van der Waals surface area (Å²) in [6.45, 7) is 24.4. The van der Waals surface area contributed by atoms with Crippen LogP contribution < -0.4 is 25.8 Å². The highest BCUT2D eigenvalue weighted by molar-refractivity contribution is 5.86. The molecule has 1 aromatic heterocycles. The molecule has 1 amide bonds. The van der Waals surface area contributed by atoms with Gasteiger partial charge in [0.1, 0.15) is 18.2 Å². The second-order valence-electron chi connectivity index (χ2n) is 9.10. The largest absolute Gasteiger partial charge is 0.489 e. The van der Waals surface area contributed by atoms with Gasteiger partial charge in [-0.1, -0.05) is 103 Å². The Hall–Kier alpha value is -4.49. The van der Waals surface area contributed by atoms with Gasteiger partial charge in [0.2, 0.25) is 5.91 Å². The van der Waals surface area contributed by atoms with Crippen molar-refractivity contribution in [3.05, 3.63) is 132 Å². The van der Waals surface area contributed by atoms with Gasteiger partial charge in [-0.2, -0.15) is 0 Å². The van der Waals surface area contributed by atoms with Crippen LogP contribution in [0, 0.1) is 0 Å². The van der Waals surface area contributed by atoms with Gasteiger partial charge >= 0.3 is 0 Å². The number of halogens is 1. The van der Waals surface area contributed by atoms with Crippen molar-refractivity contribution in [2.24, 2.45) is 0 Å². The Morgan fingerprint density at radius 1 is 1.09 bits per heavy atom. The molecule has 6 nitrogen and oxygen atoms in total. The number of rotatable bonds is 14. The van der Waals surface area contributed by atoms with E-state index in [-0.39, 0.29) is 24.3 Å². The fourth-order valence-electron chi connectivity index (χ4n) is 4.24. The van der Waals surface area contributed by atoms with E-state index in [1.165, 1.54) is 12.2 Å². The molecule has 3 aromatic rings. The molecule has 0 radical (unpaired) electrons. The molecule has 0 aliphatic rings. The highest BCUT2D eigenvalue weighted by Gasteiger charge is 2.16. The molecule has 1 unspecified atom stereocenters. The normalized spacial score (nSPS) is 12.4. The van der Waals surface area contributed by atoms with Crippen molar-refractivity contribution >= 4 is 18.2 Å². The summed E-state index contributed by atoms with van der Waals surface area (Å²) >= 11 is 0. The Labute approximate surface area is 263 Å². The summed E-state index contributed by atoms with van der Waals surface area (Å²) in [5.41, 5.74) is 3.22. The Kier molecular flexibility index (Phi) is 18.1. The molecule has 0 spiro atoms. The van der Waals surface area contributed by atoms with Gasteiger partial charge in [-0.15, -0.1) is 0 Å². The fourth-order valence-corrected chi connectivity index (χ4v) is 4.24. The van der Waals surface area contributed by atoms with Crippen LogP contribution in [0.5, 0.6) is 5.75 Å². The van der Waals surface area contributed by atoms with Gasteiger partial charge in [0.05, 0.1) is 24.6 Å². The quantitative estimate of drug-likeness (QED) is 0.194. The van der Waals surface area contributed by atoms with Crippen LogP contribution in [0.2, 0.25) is 0 Å². The maximum Gasteiger partial charge on any atom is 0.238 e.